The number of fused-ring (bicyclic) bond motifs is 2. The molecule has 1 aliphatic heterocycles. The van der Waals surface area contributed by atoms with Gasteiger partial charge >= 0.3 is 5.69 Å². The molecule has 0 bridgehead atoms. The first-order valence-electron chi connectivity index (χ1n) is 9.73. The molecule has 9 heteroatoms. The highest BCUT2D eigenvalue weighted by Gasteiger charge is 2.20. The van der Waals surface area contributed by atoms with Crippen LogP contribution in [0.25, 0.3) is 16.6 Å². The summed E-state index contributed by atoms with van der Waals surface area (Å²) in [5, 5.41) is 1.28. The summed E-state index contributed by atoms with van der Waals surface area (Å²) in [7, 11) is 0. The lowest BCUT2D eigenvalue weighted by atomic mass is 10.1. The number of hydrogen-bond acceptors (Lipinski definition) is 4. The van der Waals surface area contributed by atoms with Gasteiger partial charge in [-0.1, -0.05) is 11.6 Å². The first-order chi connectivity index (χ1) is 15.0. The summed E-state index contributed by atoms with van der Waals surface area (Å²) in [6.45, 7) is 1.86. The number of aromatic amines is 2. The highest BCUT2D eigenvalue weighted by Crippen LogP contribution is 2.35. The van der Waals surface area contributed by atoms with Crippen LogP contribution in [0.2, 0.25) is 5.02 Å². The SMILES string of the molecule is O=c1[nH]cc(CN2CCOc3c(Cl)cc(-n4ccc5cc(F)ccc54)cc3C2)c(=O)[nH]1. The summed E-state index contributed by atoms with van der Waals surface area (Å²) in [4.78, 5) is 30.1. The maximum atomic E-state index is 13.6. The summed E-state index contributed by atoms with van der Waals surface area (Å²) < 4.78 is 21.4. The molecular formula is C22H18ClFN4O3. The Kier molecular flexibility index (Phi) is 4.88. The number of halogens is 2. The molecule has 1 aliphatic rings. The summed E-state index contributed by atoms with van der Waals surface area (Å²) in [5.41, 5.74) is 2.09. The second-order valence-electron chi connectivity index (χ2n) is 7.46. The zero-order valence-electron chi connectivity index (χ0n) is 16.3. The van der Waals surface area contributed by atoms with Crippen LogP contribution in [-0.2, 0) is 13.1 Å². The Labute approximate surface area is 180 Å². The molecule has 3 heterocycles. The molecule has 0 saturated heterocycles. The standard InChI is InChI=1S/C22H18ClFN4O3/c23-18-9-17(28-4-3-13-7-16(24)1-2-19(13)28)8-14-11-27(5-6-31-20(14)18)12-15-10-25-22(30)26-21(15)29/h1-4,7-10H,5-6,11-12H2,(H2,25,26,29,30). The molecule has 4 aromatic rings. The number of ether oxygens (including phenoxy) is 1. The maximum absolute atomic E-state index is 13.6. The van der Waals surface area contributed by atoms with Gasteiger partial charge in [0.15, 0.2) is 0 Å². The van der Waals surface area contributed by atoms with Gasteiger partial charge in [-0.25, -0.2) is 9.18 Å². The zero-order valence-corrected chi connectivity index (χ0v) is 17.1. The molecule has 2 N–H and O–H groups in total. The highest BCUT2D eigenvalue weighted by molar-refractivity contribution is 6.32. The van der Waals surface area contributed by atoms with Crippen LogP contribution >= 0.6 is 11.6 Å². The van der Waals surface area contributed by atoms with Crippen LogP contribution in [0.4, 0.5) is 4.39 Å². The van der Waals surface area contributed by atoms with E-state index in [1.807, 2.05) is 29.0 Å². The first-order valence-corrected chi connectivity index (χ1v) is 10.1. The van der Waals surface area contributed by atoms with Gasteiger partial charge in [0.2, 0.25) is 0 Å². The molecule has 0 unspecified atom stereocenters. The van der Waals surface area contributed by atoms with Crippen LogP contribution < -0.4 is 16.0 Å². The average molecular weight is 441 g/mol. The molecule has 0 atom stereocenters. The zero-order chi connectivity index (χ0) is 21.5. The fraction of sp³-hybridized carbons (Fsp3) is 0.182. The van der Waals surface area contributed by atoms with E-state index in [-0.39, 0.29) is 5.82 Å². The molecule has 2 aromatic carbocycles. The fourth-order valence-electron chi connectivity index (χ4n) is 3.92. The van der Waals surface area contributed by atoms with Crippen molar-refractivity contribution in [2.45, 2.75) is 13.1 Å². The second-order valence-corrected chi connectivity index (χ2v) is 7.87. The summed E-state index contributed by atoms with van der Waals surface area (Å²) >= 11 is 6.55. The van der Waals surface area contributed by atoms with Gasteiger partial charge in [0, 0.05) is 54.2 Å². The van der Waals surface area contributed by atoms with E-state index < -0.39 is 11.2 Å². The van der Waals surface area contributed by atoms with E-state index in [2.05, 4.69) is 14.9 Å². The minimum Gasteiger partial charge on any atom is -0.490 e. The Bertz CT molecular complexity index is 1410. The van der Waals surface area contributed by atoms with Crippen molar-refractivity contribution >= 4 is 22.5 Å². The third-order valence-corrected chi connectivity index (χ3v) is 5.65. The number of nitrogens with zero attached hydrogens (tertiary/aromatic N) is 2. The smallest absolute Gasteiger partial charge is 0.325 e. The molecule has 2 aromatic heterocycles. The molecule has 0 spiro atoms. The predicted octanol–water partition coefficient (Wildman–Crippen LogP) is 3.19. The molecule has 5 rings (SSSR count). The Hall–Kier alpha value is -3.36. The van der Waals surface area contributed by atoms with Gasteiger partial charge in [-0.2, -0.15) is 0 Å². The summed E-state index contributed by atoms with van der Waals surface area (Å²) in [6, 6.07) is 10.3. The molecule has 0 saturated carbocycles. The van der Waals surface area contributed by atoms with Crippen molar-refractivity contribution in [3.63, 3.8) is 0 Å². The lowest BCUT2D eigenvalue weighted by molar-refractivity contribution is 0.219. The molecule has 158 valence electrons. The van der Waals surface area contributed by atoms with Gasteiger partial charge in [-0.15, -0.1) is 0 Å². The average Bonchev–Trinajstić information content (AvgIpc) is 3.03. The van der Waals surface area contributed by atoms with Gasteiger partial charge in [0.1, 0.15) is 18.2 Å². The summed E-state index contributed by atoms with van der Waals surface area (Å²) in [6.07, 6.45) is 3.31. The molecule has 0 aliphatic carbocycles. The van der Waals surface area contributed by atoms with Crippen molar-refractivity contribution in [1.82, 2.24) is 19.4 Å². The molecular weight excluding hydrogens is 423 g/mol. The van der Waals surface area contributed by atoms with Crippen molar-refractivity contribution in [3.8, 4) is 11.4 Å². The largest absolute Gasteiger partial charge is 0.490 e. The lowest BCUT2D eigenvalue weighted by Gasteiger charge is -2.19. The van der Waals surface area contributed by atoms with Crippen molar-refractivity contribution in [2.24, 2.45) is 0 Å². The molecule has 0 fully saturated rings. The van der Waals surface area contributed by atoms with Crippen LogP contribution in [0.5, 0.6) is 5.75 Å². The quantitative estimate of drug-likeness (QED) is 0.512. The molecule has 0 radical (unpaired) electrons. The Morgan fingerprint density at radius 2 is 2.03 bits per heavy atom. The third-order valence-electron chi connectivity index (χ3n) is 5.37. The number of rotatable bonds is 3. The number of aromatic nitrogens is 3. The van der Waals surface area contributed by atoms with Crippen LogP contribution in [-0.4, -0.2) is 32.6 Å². The normalized spacial score (nSPS) is 14.3. The monoisotopic (exact) mass is 440 g/mol. The van der Waals surface area contributed by atoms with E-state index in [0.717, 1.165) is 22.2 Å². The minimum atomic E-state index is -0.534. The number of hydrogen-bond donors (Lipinski definition) is 2. The summed E-state index contributed by atoms with van der Waals surface area (Å²) in [5.74, 6) is 0.331. The van der Waals surface area contributed by atoms with Gasteiger partial charge in [-0.05, 0) is 36.4 Å². The van der Waals surface area contributed by atoms with Gasteiger partial charge in [0.25, 0.3) is 5.56 Å². The lowest BCUT2D eigenvalue weighted by Crippen LogP contribution is -2.31. The van der Waals surface area contributed by atoms with Gasteiger partial charge < -0.3 is 14.3 Å². The number of benzene rings is 2. The van der Waals surface area contributed by atoms with Crippen LogP contribution in [0.1, 0.15) is 11.1 Å². The highest BCUT2D eigenvalue weighted by atomic mass is 35.5. The molecule has 0 amide bonds. The molecule has 7 nitrogen and oxygen atoms in total. The van der Waals surface area contributed by atoms with Crippen LogP contribution in [0.3, 0.4) is 0 Å². The van der Waals surface area contributed by atoms with E-state index in [1.165, 1.54) is 18.3 Å². The minimum absolute atomic E-state index is 0.286. The second kappa shape index (κ2) is 7.72. The van der Waals surface area contributed by atoms with Crippen molar-refractivity contribution in [2.75, 3.05) is 13.2 Å². The predicted molar refractivity (Wildman–Crippen MR) is 116 cm³/mol. The van der Waals surface area contributed by atoms with Crippen molar-refractivity contribution in [1.29, 1.82) is 0 Å². The van der Waals surface area contributed by atoms with Crippen LogP contribution in [0.15, 0.2) is 58.4 Å². The van der Waals surface area contributed by atoms with Gasteiger partial charge in [-0.3, -0.25) is 14.7 Å². The van der Waals surface area contributed by atoms with E-state index in [1.54, 1.807) is 6.07 Å². The van der Waals surface area contributed by atoms with Gasteiger partial charge in [0.05, 0.1) is 10.5 Å². The Balaban J connectivity index is 1.51. The van der Waals surface area contributed by atoms with E-state index in [0.29, 0.717) is 42.6 Å². The molecule has 31 heavy (non-hydrogen) atoms. The van der Waals surface area contributed by atoms with E-state index in [9.17, 15) is 14.0 Å². The third kappa shape index (κ3) is 3.75. The Morgan fingerprint density at radius 1 is 1.16 bits per heavy atom. The topological polar surface area (TPSA) is 83.1 Å². The van der Waals surface area contributed by atoms with Crippen LogP contribution in [0, 0.1) is 5.82 Å². The maximum Gasteiger partial charge on any atom is 0.325 e. The Morgan fingerprint density at radius 3 is 2.87 bits per heavy atom. The van der Waals surface area contributed by atoms with E-state index in [4.69, 9.17) is 16.3 Å². The number of H-pyrrole nitrogens is 2. The first kappa shape index (κ1) is 19.6. The van der Waals surface area contributed by atoms with Crippen molar-refractivity contribution < 1.29 is 9.13 Å². The van der Waals surface area contributed by atoms with E-state index >= 15 is 0 Å². The fourth-order valence-corrected chi connectivity index (χ4v) is 4.21. The van der Waals surface area contributed by atoms with Crippen molar-refractivity contribution in [3.05, 3.63) is 91.6 Å². The number of nitrogens with one attached hydrogen (secondary N) is 2.